The number of thiophene rings is 1. The van der Waals surface area contributed by atoms with Crippen molar-refractivity contribution in [1.82, 2.24) is 15.3 Å². The number of nitrogens with zero attached hydrogens (tertiary/aromatic N) is 1. The number of benzene rings is 1. The van der Waals surface area contributed by atoms with Gasteiger partial charge in [0.25, 0.3) is 0 Å². The lowest BCUT2D eigenvalue weighted by Gasteiger charge is -2.23. The molecule has 33 heavy (non-hydrogen) atoms. The van der Waals surface area contributed by atoms with Gasteiger partial charge in [-0.3, -0.25) is 9.59 Å². The molecule has 5 N–H and O–H groups in total. The maximum Gasteiger partial charge on any atom is 0.394 e. The Balaban J connectivity index is 1.34. The number of anilines is 1. The Kier molecular flexibility index (Phi) is 6.38. The molecule has 0 radical (unpaired) electrons. The summed E-state index contributed by atoms with van der Waals surface area (Å²) in [5.41, 5.74) is 2.07. The SMILES string of the molecule is O=C(CCc1nc2ccccc2[nH]1)NCC1Cc2c(sc(NC(=O)C(=O)O)c2C(=O)O)CO1. The Hall–Kier alpha value is -3.77. The highest BCUT2D eigenvalue weighted by Crippen LogP contribution is 2.37. The van der Waals surface area contributed by atoms with Crippen LogP contribution in [0.4, 0.5) is 5.00 Å². The number of carboxylic acids is 2. The fourth-order valence-electron chi connectivity index (χ4n) is 3.60. The number of ether oxygens (including phenoxy) is 1. The second-order valence-corrected chi connectivity index (χ2v) is 8.52. The third-order valence-electron chi connectivity index (χ3n) is 5.16. The molecule has 0 bridgehead atoms. The first kappa shape index (κ1) is 22.4. The van der Waals surface area contributed by atoms with Gasteiger partial charge in [0.1, 0.15) is 10.8 Å². The predicted octanol–water partition coefficient (Wildman–Crippen LogP) is 1.54. The zero-order chi connectivity index (χ0) is 23.5. The molecule has 11 nitrogen and oxygen atoms in total. The molecule has 1 unspecified atom stereocenters. The van der Waals surface area contributed by atoms with Crippen molar-refractivity contribution >= 4 is 51.1 Å². The third kappa shape index (κ3) is 5.02. The Morgan fingerprint density at radius 3 is 2.73 bits per heavy atom. The summed E-state index contributed by atoms with van der Waals surface area (Å²) in [5.74, 6) is -3.78. The van der Waals surface area contributed by atoms with Gasteiger partial charge in [-0.05, 0) is 17.7 Å². The number of hydrogen-bond acceptors (Lipinski definition) is 7. The number of aromatic amines is 1. The second-order valence-electron chi connectivity index (χ2n) is 7.41. The Morgan fingerprint density at radius 2 is 2.00 bits per heavy atom. The number of aromatic carboxylic acids is 1. The lowest BCUT2D eigenvalue weighted by Crippen LogP contribution is -2.37. The maximum atomic E-state index is 12.3. The molecule has 0 saturated carbocycles. The van der Waals surface area contributed by atoms with Crippen LogP contribution in [0.25, 0.3) is 11.0 Å². The normalized spacial score (nSPS) is 15.1. The van der Waals surface area contributed by atoms with Crippen LogP contribution in [0.1, 0.15) is 33.0 Å². The van der Waals surface area contributed by atoms with Gasteiger partial charge in [0.05, 0.1) is 29.3 Å². The number of imidazole rings is 1. The van der Waals surface area contributed by atoms with E-state index in [0.29, 0.717) is 22.7 Å². The average Bonchev–Trinajstić information content (AvgIpc) is 3.36. The minimum Gasteiger partial charge on any atom is -0.478 e. The fourth-order valence-corrected chi connectivity index (χ4v) is 4.74. The number of aliphatic carboxylic acids is 1. The highest BCUT2D eigenvalue weighted by molar-refractivity contribution is 7.17. The van der Waals surface area contributed by atoms with Crippen LogP contribution in [0.15, 0.2) is 24.3 Å². The summed E-state index contributed by atoms with van der Waals surface area (Å²) in [7, 11) is 0. The molecule has 0 aliphatic carbocycles. The van der Waals surface area contributed by atoms with Crippen LogP contribution in [-0.4, -0.2) is 56.6 Å². The summed E-state index contributed by atoms with van der Waals surface area (Å²) in [6.45, 7) is 0.285. The van der Waals surface area contributed by atoms with E-state index < -0.39 is 23.9 Å². The summed E-state index contributed by atoms with van der Waals surface area (Å²) < 4.78 is 5.71. The zero-order valence-electron chi connectivity index (χ0n) is 17.2. The molecular weight excluding hydrogens is 452 g/mol. The van der Waals surface area contributed by atoms with Gasteiger partial charge in [-0.2, -0.15) is 0 Å². The first-order chi connectivity index (χ1) is 15.8. The van der Waals surface area contributed by atoms with Crippen molar-refractivity contribution in [3.05, 3.63) is 46.1 Å². The molecule has 2 aromatic heterocycles. The molecule has 4 rings (SSSR count). The third-order valence-corrected chi connectivity index (χ3v) is 6.28. The van der Waals surface area contributed by atoms with Crippen LogP contribution in [0.3, 0.4) is 0 Å². The maximum absolute atomic E-state index is 12.3. The molecule has 2 amide bonds. The van der Waals surface area contributed by atoms with E-state index in [4.69, 9.17) is 9.84 Å². The number of H-pyrrole nitrogens is 1. The minimum absolute atomic E-state index is 0.0426. The summed E-state index contributed by atoms with van der Waals surface area (Å²) in [6, 6.07) is 7.59. The molecule has 1 atom stereocenters. The van der Waals surface area contributed by atoms with E-state index in [0.717, 1.165) is 22.4 Å². The summed E-state index contributed by atoms with van der Waals surface area (Å²) in [4.78, 5) is 54.5. The predicted molar refractivity (Wildman–Crippen MR) is 117 cm³/mol. The topological polar surface area (TPSA) is 171 Å². The number of para-hydroxylation sites is 2. The van der Waals surface area contributed by atoms with Crippen LogP contribution in [-0.2, 0) is 38.6 Å². The first-order valence-corrected chi connectivity index (χ1v) is 10.9. The van der Waals surface area contributed by atoms with Crippen molar-refractivity contribution in [1.29, 1.82) is 0 Å². The molecule has 3 heterocycles. The Labute approximate surface area is 190 Å². The summed E-state index contributed by atoms with van der Waals surface area (Å²) in [5, 5.41) is 23.2. The Bertz CT molecular complexity index is 1220. The highest BCUT2D eigenvalue weighted by Gasteiger charge is 2.31. The van der Waals surface area contributed by atoms with E-state index in [9.17, 15) is 24.3 Å². The lowest BCUT2D eigenvalue weighted by molar-refractivity contribution is -0.147. The molecule has 0 saturated heterocycles. The molecule has 0 spiro atoms. The number of hydrogen-bond donors (Lipinski definition) is 5. The van der Waals surface area contributed by atoms with E-state index in [2.05, 4.69) is 20.6 Å². The van der Waals surface area contributed by atoms with Crippen LogP contribution in [0.2, 0.25) is 0 Å². The monoisotopic (exact) mass is 472 g/mol. The van der Waals surface area contributed by atoms with Crippen LogP contribution in [0, 0.1) is 0 Å². The number of carboxylic acid groups (broad SMARTS) is 2. The van der Waals surface area contributed by atoms with Gasteiger partial charge in [-0.15, -0.1) is 11.3 Å². The summed E-state index contributed by atoms with van der Waals surface area (Å²) >= 11 is 0.971. The zero-order valence-corrected chi connectivity index (χ0v) is 18.0. The van der Waals surface area contributed by atoms with Crippen molar-refractivity contribution in [3.63, 3.8) is 0 Å². The molecular formula is C21H20N4O7S. The average molecular weight is 472 g/mol. The van der Waals surface area contributed by atoms with Gasteiger partial charge in [0, 0.05) is 30.7 Å². The van der Waals surface area contributed by atoms with Crippen LogP contribution < -0.4 is 10.6 Å². The molecule has 12 heteroatoms. The van der Waals surface area contributed by atoms with Gasteiger partial charge < -0.3 is 30.6 Å². The van der Waals surface area contributed by atoms with Gasteiger partial charge >= 0.3 is 17.8 Å². The number of aryl methyl sites for hydroxylation is 1. The molecule has 0 fully saturated rings. The van der Waals surface area contributed by atoms with Gasteiger partial charge in [-0.1, -0.05) is 12.1 Å². The van der Waals surface area contributed by atoms with Crippen molar-refractivity contribution in [2.75, 3.05) is 11.9 Å². The molecule has 1 aromatic carbocycles. The largest absolute Gasteiger partial charge is 0.478 e. The standard InChI is InChI=1S/C21H20N4O7S/c26-16(6-5-15-23-12-3-1-2-4-13(12)24-15)22-8-10-7-11-14(9-32-10)33-19(17(11)20(28)29)25-18(27)21(30)31/h1-4,10H,5-9H2,(H,22,26)(H,23,24)(H,25,27)(H,28,29)(H,30,31). The number of carbonyl (C=O) groups is 4. The number of fused-ring (bicyclic) bond motifs is 2. The smallest absolute Gasteiger partial charge is 0.394 e. The molecule has 3 aromatic rings. The molecule has 1 aliphatic rings. The van der Waals surface area contributed by atoms with E-state index >= 15 is 0 Å². The molecule has 1 aliphatic heterocycles. The number of carbonyl (C=O) groups excluding carboxylic acids is 2. The van der Waals surface area contributed by atoms with Gasteiger partial charge in [-0.25, -0.2) is 14.6 Å². The quantitative estimate of drug-likeness (QED) is 0.322. The number of aromatic nitrogens is 2. The molecule has 172 valence electrons. The summed E-state index contributed by atoms with van der Waals surface area (Å²) in [6.07, 6.45) is 0.419. The van der Waals surface area contributed by atoms with E-state index in [1.165, 1.54) is 0 Å². The Morgan fingerprint density at radius 1 is 1.21 bits per heavy atom. The fraction of sp³-hybridized carbons (Fsp3) is 0.286. The van der Waals surface area contributed by atoms with E-state index in [1.54, 1.807) is 0 Å². The lowest BCUT2D eigenvalue weighted by atomic mass is 10.0. The highest BCUT2D eigenvalue weighted by atomic mass is 32.1. The van der Waals surface area contributed by atoms with Crippen molar-refractivity contribution in [3.8, 4) is 0 Å². The number of nitrogens with one attached hydrogen (secondary N) is 3. The number of rotatable bonds is 7. The first-order valence-electron chi connectivity index (χ1n) is 10.1. The van der Waals surface area contributed by atoms with Gasteiger partial charge in [0.15, 0.2) is 0 Å². The van der Waals surface area contributed by atoms with Crippen molar-refractivity contribution < 1.29 is 34.1 Å². The second kappa shape index (κ2) is 9.38. The van der Waals surface area contributed by atoms with Crippen LogP contribution >= 0.6 is 11.3 Å². The van der Waals surface area contributed by atoms with E-state index in [1.807, 2.05) is 24.3 Å². The van der Waals surface area contributed by atoms with Crippen molar-refractivity contribution in [2.45, 2.75) is 32.0 Å². The van der Waals surface area contributed by atoms with Crippen LogP contribution in [0.5, 0.6) is 0 Å². The van der Waals surface area contributed by atoms with Gasteiger partial charge in [0.2, 0.25) is 5.91 Å². The minimum atomic E-state index is -1.71. The van der Waals surface area contributed by atoms with E-state index in [-0.39, 0.29) is 42.5 Å². The van der Waals surface area contributed by atoms with Crippen molar-refractivity contribution in [2.24, 2.45) is 0 Å². The number of amides is 2.